The van der Waals surface area contributed by atoms with Crippen LogP contribution in [0, 0.1) is 0 Å². The van der Waals surface area contributed by atoms with Gasteiger partial charge in [0.15, 0.2) is 11.0 Å². The van der Waals surface area contributed by atoms with Crippen molar-refractivity contribution in [2.24, 2.45) is 7.05 Å². The SMILES string of the molecule is Cn1c(SCC(=O)NC2CCN(Cc3ccccc3)CC2)nnc1-c1cccs1. The molecule has 3 aromatic rings. The van der Waals surface area contributed by atoms with Crippen molar-refractivity contribution in [1.29, 1.82) is 0 Å². The van der Waals surface area contributed by atoms with Crippen molar-refractivity contribution in [2.45, 2.75) is 30.6 Å². The Hall–Kier alpha value is -2.16. The number of carbonyl (C=O) groups excluding carboxylic acids is 1. The number of rotatable bonds is 7. The molecule has 0 unspecified atom stereocenters. The minimum atomic E-state index is 0.0668. The van der Waals surface area contributed by atoms with Crippen molar-refractivity contribution >= 4 is 29.0 Å². The third kappa shape index (κ3) is 5.26. The highest BCUT2D eigenvalue weighted by Crippen LogP contribution is 2.26. The number of nitrogens with one attached hydrogen (secondary N) is 1. The predicted octanol–water partition coefficient (Wildman–Crippen LogP) is 3.42. The number of piperidine rings is 1. The van der Waals surface area contributed by atoms with Crippen molar-refractivity contribution in [2.75, 3.05) is 18.8 Å². The Morgan fingerprint density at radius 3 is 2.69 bits per heavy atom. The summed E-state index contributed by atoms with van der Waals surface area (Å²) in [6.07, 6.45) is 1.99. The number of thiophene rings is 1. The summed E-state index contributed by atoms with van der Waals surface area (Å²) in [6, 6.07) is 14.8. The van der Waals surface area contributed by atoms with Crippen molar-refractivity contribution < 1.29 is 4.79 Å². The maximum absolute atomic E-state index is 12.4. The first-order chi connectivity index (χ1) is 14.2. The van der Waals surface area contributed by atoms with E-state index in [0.717, 1.165) is 48.3 Å². The highest BCUT2D eigenvalue weighted by Gasteiger charge is 2.21. The third-order valence-electron chi connectivity index (χ3n) is 5.11. The van der Waals surface area contributed by atoms with Crippen LogP contribution in [0.25, 0.3) is 10.7 Å². The number of amides is 1. The van der Waals surface area contributed by atoms with Crippen LogP contribution < -0.4 is 5.32 Å². The summed E-state index contributed by atoms with van der Waals surface area (Å²) in [5.41, 5.74) is 1.34. The molecule has 1 saturated heterocycles. The molecule has 29 heavy (non-hydrogen) atoms. The number of hydrogen-bond donors (Lipinski definition) is 1. The normalized spacial score (nSPS) is 15.5. The van der Waals surface area contributed by atoms with Crippen LogP contribution in [-0.4, -0.2) is 50.5 Å². The van der Waals surface area contributed by atoms with Gasteiger partial charge in [0.05, 0.1) is 10.6 Å². The summed E-state index contributed by atoms with van der Waals surface area (Å²) in [7, 11) is 1.94. The topological polar surface area (TPSA) is 63.1 Å². The van der Waals surface area contributed by atoms with Crippen molar-refractivity contribution in [3.63, 3.8) is 0 Å². The smallest absolute Gasteiger partial charge is 0.230 e. The summed E-state index contributed by atoms with van der Waals surface area (Å²) in [5, 5.41) is 14.5. The number of nitrogens with zero attached hydrogens (tertiary/aromatic N) is 4. The first kappa shape index (κ1) is 20.1. The second-order valence-electron chi connectivity index (χ2n) is 7.23. The Labute approximate surface area is 179 Å². The third-order valence-corrected chi connectivity index (χ3v) is 7.00. The Morgan fingerprint density at radius 1 is 1.17 bits per heavy atom. The molecule has 1 aliphatic rings. The second-order valence-corrected chi connectivity index (χ2v) is 9.12. The van der Waals surface area contributed by atoms with E-state index >= 15 is 0 Å². The molecule has 0 aliphatic carbocycles. The highest BCUT2D eigenvalue weighted by atomic mass is 32.2. The fourth-order valence-electron chi connectivity index (χ4n) is 3.54. The number of likely N-dealkylation sites (tertiary alicyclic amines) is 1. The van der Waals surface area contributed by atoms with Gasteiger partial charge in [0.2, 0.25) is 5.91 Å². The van der Waals surface area contributed by atoms with Crippen molar-refractivity contribution in [1.82, 2.24) is 25.0 Å². The van der Waals surface area contributed by atoms with Crippen LogP contribution in [0.3, 0.4) is 0 Å². The van der Waals surface area contributed by atoms with E-state index < -0.39 is 0 Å². The Balaban J connectivity index is 1.21. The molecule has 0 saturated carbocycles. The van der Waals surface area contributed by atoms with Crippen LogP contribution in [-0.2, 0) is 18.4 Å². The summed E-state index contributed by atoms with van der Waals surface area (Å²) in [5.74, 6) is 1.27. The van der Waals surface area contributed by atoms with Gasteiger partial charge in [-0.1, -0.05) is 48.2 Å². The van der Waals surface area contributed by atoms with E-state index in [4.69, 9.17) is 0 Å². The Kier molecular flexibility index (Phi) is 6.63. The molecular weight excluding hydrogens is 402 g/mol. The zero-order valence-electron chi connectivity index (χ0n) is 16.5. The average molecular weight is 428 g/mol. The first-order valence-corrected chi connectivity index (χ1v) is 11.7. The van der Waals surface area contributed by atoms with E-state index in [-0.39, 0.29) is 11.9 Å². The number of aromatic nitrogens is 3. The number of benzene rings is 1. The van der Waals surface area contributed by atoms with Gasteiger partial charge >= 0.3 is 0 Å². The van der Waals surface area contributed by atoms with Gasteiger partial charge in [0.25, 0.3) is 0 Å². The van der Waals surface area contributed by atoms with Crippen LogP contribution in [0.4, 0.5) is 0 Å². The molecule has 0 atom stereocenters. The van der Waals surface area contributed by atoms with E-state index in [2.05, 4.69) is 44.7 Å². The lowest BCUT2D eigenvalue weighted by molar-refractivity contribution is -0.119. The molecule has 152 valence electrons. The van der Waals surface area contributed by atoms with Gasteiger partial charge in [-0.25, -0.2) is 0 Å². The second kappa shape index (κ2) is 9.56. The Morgan fingerprint density at radius 2 is 1.97 bits per heavy atom. The molecule has 1 N–H and O–H groups in total. The quantitative estimate of drug-likeness (QED) is 0.586. The molecule has 1 aliphatic heterocycles. The molecule has 2 aromatic heterocycles. The number of hydrogen-bond acceptors (Lipinski definition) is 6. The lowest BCUT2D eigenvalue weighted by atomic mass is 10.0. The van der Waals surface area contributed by atoms with E-state index in [1.54, 1.807) is 11.3 Å². The lowest BCUT2D eigenvalue weighted by Gasteiger charge is -2.32. The molecule has 1 aromatic carbocycles. The van der Waals surface area contributed by atoms with Gasteiger partial charge in [-0.15, -0.1) is 21.5 Å². The average Bonchev–Trinajstić information content (AvgIpc) is 3.38. The predicted molar refractivity (Wildman–Crippen MR) is 118 cm³/mol. The summed E-state index contributed by atoms with van der Waals surface area (Å²) >= 11 is 3.07. The fraction of sp³-hybridized carbons (Fsp3) is 0.381. The van der Waals surface area contributed by atoms with Gasteiger partial charge in [-0.05, 0) is 29.9 Å². The molecule has 1 fully saturated rings. The molecule has 1 amide bonds. The van der Waals surface area contributed by atoms with E-state index in [1.807, 2.05) is 35.2 Å². The molecule has 0 radical (unpaired) electrons. The maximum Gasteiger partial charge on any atom is 0.230 e. The van der Waals surface area contributed by atoms with Gasteiger partial charge in [-0.3, -0.25) is 9.69 Å². The van der Waals surface area contributed by atoms with Gasteiger partial charge in [0.1, 0.15) is 0 Å². The first-order valence-electron chi connectivity index (χ1n) is 9.81. The van der Waals surface area contributed by atoms with Crippen molar-refractivity contribution in [3.05, 3.63) is 53.4 Å². The fourth-order valence-corrected chi connectivity index (χ4v) is 5.00. The number of carbonyl (C=O) groups is 1. The minimum absolute atomic E-state index is 0.0668. The summed E-state index contributed by atoms with van der Waals surface area (Å²) in [6.45, 7) is 3.01. The molecule has 0 spiro atoms. The van der Waals surface area contributed by atoms with Crippen LogP contribution in [0.2, 0.25) is 0 Å². The summed E-state index contributed by atoms with van der Waals surface area (Å²) in [4.78, 5) is 15.9. The summed E-state index contributed by atoms with van der Waals surface area (Å²) < 4.78 is 1.95. The molecule has 3 heterocycles. The molecule has 8 heteroatoms. The van der Waals surface area contributed by atoms with Gasteiger partial charge in [0, 0.05) is 32.7 Å². The van der Waals surface area contributed by atoms with E-state index in [0.29, 0.717) is 5.75 Å². The molecular formula is C21H25N5OS2. The molecule has 4 rings (SSSR count). The van der Waals surface area contributed by atoms with Crippen LogP contribution in [0.15, 0.2) is 53.0 Å². The Bertz CT molecular complexity index is 918. The monoisotopic (exact) mass is 427 g/mol. The molecule has 6 nitrogen and oxygen atoms in total. The van der Waals surface area contributed by atoms with Gasteiger partial charge in [-0.2, -0.15) is 0 Å². The lowest BCUT2D eigenvalue weighted by Crippen LogP contribution is -2.44. The van der Waals surface area contributed by atoms with Crippen LogP contribution in [0.1, 0.15) is 18.4 Å². The minimum Gasteiger partial charge on any atom is -0.353 e. The maximum atomic E-state index is 12.4. The zero-order chi connectivity index (χ0) is 20.1. The van der Waals surface area contributed by atoms with E-state index in [1.165, 1.54) is 17.3 Å². The highest BCUT2D eigenvalue weighted by molar-refractivity contribution is 7.99. The zero-order valence-corrected chi connectivity index (χ0v) is 18.1. The largest absolute Gasteiger partial charge is 0.353 e. The van der Waals surface area contributed by atoms with Crippen molar-refractivity contribution in [3.8, 4) is 10.7 Å². The molecule has 0 bridgehead atoms. The van der Waals surface area contributed by atoms with Crippen LogP contribution >= 0.6 is 23.1 Å². The number of thioether (sulfide) groups is 1. The van der Waals surface area contributed by atoms with Gasteiger partial charge < -0.3 is 9.88 Å². The van der Waals surface area contributed by atoms with E-state index in [9.17, 15) is 4.79 Å². The van der Waals surface area contributed by atoms with Crippen LogP contribution in [0.5, 0.6) is 0 Å². The standard InChI is InChI=1S/C21H25N5OS2/c1-25-20(18-8-5-13-28-18)23-24-21(25)29-15-19(27)22-17-9-11-26(12-10-17)14-16-6-3-2-4-7-16/h2-8,13,17H,9-12,14-15H2,1H3,(H,22,27).